The van der Waals surface area contributed by atoms with Crippen molar-refractivity contribution in [1.82, 2.24) is 0 Å². The Labute approximate surface area is 97.0 Å². The molecule has 0 amide bonds. The average Bonchev–Trinajstić information content (AvgIpc) is 2.38. The highest BCUT2D eigenvalue weighted by atomic mass is 16.3. The van der Waals surface area contributed by atoms with Crippen molar-refractivity contribution >= 4 is 5.69 Å². The van der Waals surface area contributed by atoms with E-state index in [-0.39, 0.29) is 6.61 Å². The van der Waals surface area contributed by atoms with Crippen molar-refractivity contribution in [2.75, 3.05) is 11.9 Å². The molecule has 0 fully saturated rings. The number of aliphatic hydroxyl groups excluding tert-OH is 1. The molecule has 2 nitrogen and oxygen atoms in total. The summed E-state index contributed by atoms with van der Waals surface area (Å²) in [6.07, 6.45) is 8.22. The Morgan fingerprint density at radius 1 is 1.31 bits per heavy atom. The molecule has 16 heavy (non-hydrogen) atoms. The van der Waals surface area contributed by atoms with Gasteiger partial charge in [-0.15, -0.1) is 0 Å². The lowest BCUT2D eigenvalue weighted by molar-refractivity contribution is 0.282. The van der Waals surface area contributed by atoms with Crippen LogP contribution in [0.1, 0.15) is 24.8 Å². The number of hydrogen-bond acceptors (Lipinski definition) is 2. The smallest absolute Gasteiger partial charge is 0.0682 e. The topological polar surface area (TPSA) is 32.3 Å². The van der Waals surface area contributed by atoms with Crippen LogP contribution in [0.4, 0.5) is 5.69 Å². The maximum Gasteiger partial charge on any atom is 0.0682 e. The van der Waals surface area contributed by atoms with Gasteiger partial charge in [-0.2, -0.15) is 0 Å². The maximum atomic E-state index is 9.04. The van der Waals surface area contributed by atoms with Crippen LogP contribution in [0.25, 0.3) is 0 Å². The van der Waals surface area contributed by atoms with E-state index in [0.717, 1.165) is 23.7 Å². The summed E-state index contributed by atoms with van der Waals surface area (Å²) in [5.41, 5.74) is 2.08. The first-order valence-electron chi connectivity index (χ1n) is 5.97. The predicted molar refractivity (Wildman–Crippen MR) is 67.3 cm³/mol. The molecular weight excluding hydrogens is 198 g/mol. The summed E-state index contributed by atoms with van der Waals surface area (Å²) in [6, 6.07) is 7.99. The Morgan fingerprint density at radius 3 is 3.00 bits per heavy atom. The zero-order valence-corrected chi connectivity index (χ0v) is 9.52. The Balaban J connectivity index is 1.86. The molecule has 1 aliphatic rings. The van der Waals surface area contributed by atoms with Gasteiger partial charge in [0.2, 0.25) is 0 Å². The van der Waals surface area contributed by atoms with E-state index in [1.165, 1.54) is 19.3 Å². The molecule has 2 heteroatoms. The summed E-state index contributed by atoms with van der Waals surface area (Å²) in [5, 5.41) is 12.5. The van der Waals surface area contributed by atoms with Crippen molar-refractivity contribution in [3.63, 3.8) is 0 Å². The number of allylic oxidation sites excluding steroid dienone is 2. The minimum absolute atomic E-state index is 0.113. The molecule has 1 unspecified atom stereocenters. The zero-order valence-electron chi connectivity index (χ0n) is 9.52. The molecule has 1 aliphatic carbocycles. The van der Waals surface area contributed by atoms with Crippen molar-refractivity contribution in [3.05, 3.63) is 42.0 Å². The molecular formula is C14H19NO. The van der Waals surface area contributed by atoms with Gasteiger partial charge in [0.05, 0.1) is 6.61 Å². The largest absolute Gasteiger partial charge is 0.392 e. The quantitative estimate of drug-likeness (QED) is 0.760. The van der Waals surface area contributed by atoms with Crippen molar-refractivity contribution < 1.29 is 5.11 Å². The van der Waals surface area contributed by atoms with Crippen LogP contribution in [0.2, 0.25) is 0 Å². The van der Waals surface area contributed by atoms with Crippen LogP contribution < -0.4 is 5.32 Å². The summed E-state index contributed by atoms with van der Waals surface area (Å²) < 4.78 is 0. The molecule has 2 N–H and O–H groups in total. The van der Waals surface area contributed by atoms with Crippen LogP contribution in [0, 0.1) is 5.92 Å². The van der Waals surface area contributed by atoms with E-state index in [9.17, 15) is 0 Å². The average molecular weight is 217 g/mol. The Bertz CT molecular complexity index is 360. The van der Waals surface area contributed by atoms with Crippen molar-refractivity contribution in [1.29, 1.82) is 0 Å². The molecule has 1 aromatic rings. The standard InChI is InChI=1S/C14H19NO/c16-11-13-7-4-8-14(9-13)15-10-12-5-2-1-3-6-12/h1-2,4,7-9,12,15-16H,3,5-6,10-11H2. The van der Waals surface area contributed by atoms with Gasteiger partial charge in [-0.1, -0.05) is 24.3 Å². The second kappa shape index (κ2) is 5.71. The van der Waals surface area contributed by atoms with E-state index in [0.29, 0.717) is 0 Å². The molecule has 0 heterocycles. The van der Waals surface area contributed by atoms with Crippen molar-refractivity contribution in [3.8, 4) is 0 Å². The molecule has 0 aromatic heterocycles. The summed E-state index contributed by atoms with van der Waals surface area (Å²) in [5.74, 6) is 0.753. The summed E-state index contributed by atoms with van der Waals surface area (Å²) in [7, 11) is 0. The number of nitrogens with one attached hydrogen (secondary N) is 1. The second-order valence-corrected chi connectivity index (χ2v) is 4.39. The molecule has 2 rings (SSSR count). The van der Waals surface area contributed by atoms with Gasteiger partial charge < -0.3 is 10.4 Å². The van der Waals surface area contributed by atoms with Gasteiger partial charge in [0.15, 0.2) is 0 Å². The lowest BCUT2D eigenvalue weighted by atomic mass is 9.94. The van der Waals surface area contributed by atoms with Gasteiger partial charge in [-0.05, 0) is 42.9 Å². The lowest BCUT2D eigenvalue weighted by Crippen LogP contribution is -2.15. The number of benzene rings is 1. The highest BCUT2D eigenvalue weighted by Gasteiger charge is 2.09. The first kappa shape index (κ1) is 11.2. The van der Waals surface area contributed by atoms with E-state index in [4.69, 9.17) is 5.11 Å². The SMILES string of the molecule is OCc1cccc(NCC2CC=CCC2)c1. The fraction of sp³-hybridized carbons (Fsp3) is 0.429. The number of anilines is 1. The van der Waals surface area contributed by atoms with E-state index in [1.807, 2.05) is 18.2 Å². The monoisotopic (exact) mass is 217 g/mol. The third-order valence-electron chi connectivity index (χ3n) is 3.08. The molecule has 0 saturated carbocycles. The maximum absolute atomic E-state index is 9.04. The Hall–Kier alpha value is -1.28. The van der Waals surface area contributed by atoms with E-state index < -0.39 is 0 Å². The van der Waals surface area contributed by atoms with Crippen LogP contribution in [-0.4, -0.2) is 11.7 Å². The third-order valence-corrected chi connectivity index (χ3v) is 3.08. The van der Waals surface area contributed by atoms with Gasteiger partial charge in [0.25, 0.3) is 0 Å². The van der Waals surface area contributed by atoms with Gasteiger partial charge in [0, 0.05) is 12.2 Å². The summed E-state index contributed by atoms with van der Waals surface area (Å²) >= 11 is 0. The second-order valence-electron chi connectivity index (χ2n) is 4.39. The van der Waals surface area contributed by atoms with Gasteiger partial charge >= 0.3 is 0 Å². The van der Waals surface area contributed by atoms with E-state index in [2.05, 4.69) is 23.5 Å². The van der Waals surface area contributed by atoms with E-state index >= 15 is 0 Å². The highest BCUT2D eigenvalue weighted by molar-refractivity contribution is 5.45. The number of aliphatic hydroxyl groups is 1. The molecule has 1 aromatic carbocycles. The fourth-order valence-electron chi connectivity index (χ4n) is 2.08. The highest BCUT2D eigenvalue weighted by Crippen LogP contribution is 2.19. The summed E-state index contributed by atoms with van der Waals surface area (Å²) in [6.45, 7) is 1.14. The fourth-order valence-corrected chi connectivity index (χ4v) is 2.08. The minimum atomic E-state index is 0.113. The minimum Gasteiger partial charge on any atom is -0.392 e. The Kier molecular flexibility index (Phi) is 4.00. The predicted octanol–water partition coefficient (Wildman–Crippen LogP) is 2.95. The first-order chi connectivity index (χ1) is 7.88. The van der Waals surface area contributed by atoms with Crippen LogP contribution in [0.15, 0.2) is 36.4 Å². The number of hydrogen-bond donors (Lipinski definition) is 2. The molecule has 0 aliphatic heterocycles. The summed E-state index contributed by atoms with van der Waals surface area (Å²) in [4.78, 5) is 0. The van der Waals surface area contributed by atoms with Crippen molar-refractivity contribution in [2.24, 2.45) is 5.92 Å². The molecule has 0 bridgehead atoms. The van der Waals surface area contributed by atoms with Gasteiger partial charge in [-0.25, -0.2) is 0 Å². The lowest BCUT2D eigenvalue weighted by Gasteiger charge is -2.19. The van der Waals surface area contributed by atoms with Crippen LogP contribution in [0.5, 0.6) is 0 Å². The van der Waals surface area contributed by atoms with Gasteiger partial charge in [0.1, 0.15) is 0 Å². The van der Waals surface area contributed by atoms with Gasteiger partial charge in [-0.3, -0.25) is 0 Å². The molecule has 0 radical (unpaired) electrons. The molecule has 1 atom stereocenters. The molecule has 86 valence electrons. The van der Waals surface area contributed by atoms with Crippen LogP contribution in [-0.2, 0) is 6.61 Å². The normalized spacial score (nSPS) is 19.7. The van der Waals surface area contributed by atoms with Crippen LogP contribution in [0.3, 0.4) is 0 Å². The zero-order chi connectivity index (χ0) is 11.2. The van der Waals surface area contributed by atoms with E-state index in [1.54, 1.807) is 0 Å². The third kappa shape index (κ3) is 3.11. The molecule has 0 spiro atoms. The molecule has 0 saturated heterocycles. The van der Waals surface area contributed by atoms with Crippen LogP contribution >= 0.6 is 0 Å². The number of rotatable bonds is 4. The van der Waals surface area contributed by atoms with Crippen molar-refractivity contribution in [2.45, 2.75) is 25.9 Å². The first-order valence-corrected chi connectivity index (χ1v) is 5.97. The Morgan fingerprint density at radius 2 is 2.25 bits per heavy atom.